The van der Waals surface area contributed by atoms with E-state index in [1.165, 1.54) is 16.2 Å². The molecular weight excluding hydrogens is 182 g/mol. The third kappa shape index (κ3) is 2.62. The van der Waals surface area contributed by atoms with Crippen molar-refractivity contribution in [1.29, 1.82) is 0 Å². The Bertz CT molecular complexity index is 291. The lowest BCUT2D eigenvalue weighted by Crippen LogP contribution is -1.97. The highest BCUT2D eigenvalue weighted by Gasteiger charge is 2.10. The number of aromatic nitrogens is 1. The van der Waals surface area contributed by atoms with Crippen molar-refractivity contribution in [3.63, 3.8) is 0 Å². The number of carbonyl (C=O) groups is 1. The van der Waals surface area contributed by atoms with Gasteiger partial charge in [-0.05, 0) is 18.8 Å². The number of hydrogen-bond donors (Lipinski definition) is 0. The fraction of sp³-hybridized carbons (Fsp3) is 0.600. The van der Waals surface area contributed by atoms with E-state index in [-0.39, 0.29) is 0 Å². The summed E-state index contributed by atoms with van der Waals surface area (Å²) < 4.78 is 0. The van der Waals surface area contributed by atoms with E-state index in [0.717, 1.165) is 24.8 Å². The monoisotopic (exact) mass is 197 g/mol. The van der Waals surface area contributed by atoms with Gasteiger partial charge in [0.15, 0.2) is 11.3 Å². The van der Waals surface area contributed by atoms with Crippen LogP contribution in [0.15, 0.2) is 0 Å². The van der Waals surface area contributed by atoms with Crippen LogP contribution in [-0.2, 0) is 12.8 Å². The van der Waals surface area contributed by atoms with Gasteiger partial charge in [0, 0.05) is 4.88 Å². The third-order valence-electron chi connectivity index (χ3n) is 1.82. The van der Waals surface area contributed by atoms with Gasteiger partial charge in [-0.15, -0.1) is 11.3 Å². The molecule has 2 nitrogen and oxygen atoms in total. The highest BCUT2D eigenvalue weighted by molar-refractivity contribution is 7.13. The maximum absolute atomic E-state index is 10.5. The topological polar surface area (TPSA) is 30.0 Å². The van der Waals surface area contributed by atoms with Gasteiger partial charge in [0.1, 0.15) is 0 Å². The number of thiazole rings is 1. The average Bonchev–Trinajstić information content (AvgIpc) is 2.46. The van der Waals surface area contributed by atoms with Crippen LogP contribution < -0.4 is 0 Å². The Balaban J connectivity index is 2.90. The molecule has 0 aliphatic carbocycles. The van der Waals surface area contributed by atoms with Crippen LogP contribution in [0.1, 0.15) is 41.1 Å². The van der Waals surface area contributed by atoms with Gasteiger partial charge in [0.2, 0.25) is 0 Å². The quantitative estimate of drug-likeness (QED) is 0.695. The van der Waals surface area contributed by atoms with Gasteiger partial charge in [0.25, 0.3) is 0 Å². The first-order chi connectivity index (χ1) is 6.17. The van der Waals surface area contributed by atoms with Crippen LogP contribution in [0.3, 0.4) is 0 Å². The molecule has 0 radical (unpaired) electrons. The zero-order valence-electron chi connectivity index (χ0n) is 8.33. The van der Waals surface area contributed by atoms with E-state index >= 15 is 0 Å². The molecule has 0 saturated carbocycles. The van der Waals surface area contributed by atoms with Crippen molar-refractivity contribution in [3.8, 4) is 0 Å². The highest BCUT2D eigenvalue weighted by atomic mass is 32.1. The lowest BCUT2D eigenvalue weighted by molar-refractivity contribution is 0.112. The van der Waals surface area contributed by atoms with Crippen molar-refractivity contribution in [3.05, 3.63) is 15.6 Å². The van der Waals surface area contributed by atoms with E-state index in [9.17, 15) is 4.79 Å². The average molecular weight is 197 g/mol. The first-order valence-corrected chi connectivity index (χ1v) is 5.42. The summed E-state index contributed by atoms with van der Waals surface area (Å²) in [4.78, 5) is 16.1. The van der Waals surface area contributed by atoms with Crippen LogP contribution in [0.4, 0.5) is 0 Å². The summed E-state index contributed by atoms with van der Waals surface area (Å²) in [6.45, 7) is 6.44. The van der Waals surface area contributed by atoms with E-state index in [1.54, 1.807) is 0 Å². The van der Waals surface area contributed by atoms with Crippen LogP contribution in [-0.4, -0.2) is 11.3 Å². The van der Waals surface area contributed by atoms with Crippen LogP contribution in [0.25, 0.3) is 0 Å². The Morgan fingerprint density at radius 1 is 1.54 bits per heavy atom. The van der Waals surface area contributed by atoms with Crippen molar-refractivity contribution < 1.29 is 4.79 Å². The van der Waals surface area contributed by atoms with Crippen molar-refractivity contribution in [2.75, 3.05) is 0 Å². The molecule has 0 atom stereocenters. The molecule has 0 unspecified atom stereocenters. The summed E-state index contributed by atoms with van der Waals surface area (Å²) in [6, 6.07) is 0. The Morgan fingerprint density at radius 3 is 2.69 bits per heavy atom. The molecule has 1 aromatic rings. The second kappa shape index (κ2) is 4.51. The van der Waals surface area contributed by atoms with Crippen molar-refractivity contribution in [2.24, 2.45) is 5.92 Å². The van der Waals surface area contributed by atoms with Gasteiger partial charge in [-0.3, -0.25) is 4.79 Å². The van der Waals surface area contributed by atoms with Gasteiger partial charge in [-0.2, -0.15) is 0 Å². The predicted octanol–water partition coefficient (Wildman–Crippen LogP) is 2.72. The highest BCUT2D eigenvalue weighted by Crippen LogP contribution is 2.20. The molecule has 1 heterocycles. The second-order valence-corrected chi connectivity index (χ2v) is 4.61. The number of aryl methyl sites for hydroxylation is 1. The number of hydrogen-bond acceptors (Lipinski definition) is 3. The lowest BCUT2D eigenvalue weighted by Gasteiger charge is -2.02. The summed E-state index contributed by atoms with van der Waals surface area (Å²) >= 11 is 1.52. The van der Waals surface area contributed by atoms with Crippen LogP contribution in [0.2, 0.25) is 0 Å². The number of carbonyl (C=O) groups excluding carboxylic acids is 1. The molecule has 1 rings (SSSR count). The Labute approximate surface area is 83.0 Å². The van der Waals surface area contributed by atoms with E-state index in [2.05, 4.69) is 25.8 Å². The number of aldehydes is 1. The van der Waals surface area contributed by atoms with Crippen molar-refractivity contribution >= 4 is 17.6 Å². The standard InChI is InChI=1S/C10H15NOS/c1-4-9-8(5-7(2)3)11-10(6-12)13-9/h6-7H,4-5H2,1-3H3. The Hall–Kier alpha value is -0.700. The first kappa shape index (κ1) is 10.4. The molecule has 0 amide bonds. The van der Waals surface area contributed by atoms with Gasteiger partial charge < -0.3 is 0 Å². The lowest BCUT2D eigenvalue weighted by atomic mass is 10.1. The summed E-state index contributed by atoms with van der Waals surface area (Å²) in [7, 11) is 0. The smallest absolute Gasteiger partial charge is 0.178 e. The molecule has 0 N–H and O–H groups in total. The van der Waals surface area contributed by atoms with Crippen molar-refractivity contribution in [2.45, 2.75) is 33.6 Å². The second-order valence-electron chi connectivity index (χ2n) is 3.49. The molecule has 0 spiro atoms. The minimum atomic E-state index is 0.604. The fourth-order valence-electron chi connectivity index (χ4n) is 1.28. The number of rotatable bonds is 4. The molecule has 0 saturated heterocycles. The van der Waals surface area contributed by atoms with Crippen LogP contribution >= 0.6 is 11.3 Å². The minimum absolute atomic E-state index is 0.604. The zero-order chi connectivity index (χ0) is 9.84. The van der Waals surface area contributed by atoms with E-state index < -0.39 is 0 Å². The minimum Gasteiger partial charge on any atom is -0.295 e. The SMILES string of the molecule is CCc1sc(C=O)nc1CC(C)C. The summed E-state index contributed by atoms with van der Waals surface area (Å²) in [6.07, 6.45) is 2.80. The van der Waals surface area contributed by atoms with Crippen molar-refractivity contribution in [1.82, 2.24) is 4.98 Å². The Morgan fingerprint density at radius 2 is 2.23 bits per heavy atom. The molecule has 1 aromatic heterocycles. The van der Waals surface area contributed by atoms with Crippen LogP contribution in [0.5, 0.6) is 0 Å². The first-order valence-electron chi connectivity index (χ1n) is 4.61. The molecule has 3 heteroatoms. The summed E-state index contributed by atoms with van der Waals surface area (Å²) in [5, 5.41) is 0.618. The molecule has 13 heavy (non-hydrogen) atoms. The van der Waals surface area contributed by atoms with Gasteiger partial charge in [-0.25, -0.2) is 4.98 Å². The molecule has 72 valence electrons. The summed E-state index contributed by atoms with van der Waals surface area (Å²) in [5.74, 6) is 0.604. The largest absolute Gasteiger partial charge is 0.295 e. The summed E-state index contributed by atoms with van der Waals surface area (Å²) in [5.41, 5.74) is 1.12. The van der Waals surface area contributed by atoms with Crippen LogP contribution in [0, 0.1) is 5.92 Å². The zero-order valence-corrected chi connectivity index (χ0v) is 9.15. The maximum Gasteiger partial charge on any atom is 0.178 e. The molecular formula is C10H15NOS. The maximum atomic E-state index is 10.5. The normalized spacial score (nSPS) is 10.8. The fourth-order valence-corrected chi connectivity index (χ4v) is 2.12. The van der Waals surface area contributed by atoms with E-state index in [0.29, 0.717) is 10.9 Å². The molecule has 0 bridgehead atoms. The molecule has 0 aliphatic rings. The molecule has 0 fully saturated rings. The predicted molar refractivity (Wildman–Crippen MR) is 55.4 cm³/mol. The van der Waals surface area contributed by atoms with E-state index in [1.807, 2.05) is 0 Å². The van der Waals surface area contributed by atoms with Gasteiger partial charge in [-0.1, -0.05) is 20.8 Å². The molecule has 0 aliphatic heterocycles. The Kier molecular flexibility index (Phi) is 3.60. The number of nitrogens with zero attached hydrogens (tertiary/aromatic N) is 1. The van der Waals surface area contributed by atoms with Gasteiger partial charge in [0.05, 0.1) is 5.69 Å². The van der Waals surface area contributed by atoms with Gasteiger partial charge >= 0.3 is 0 Å². The van der Waals surface area contributed by atoms with E-state index in [4.69, 9.17) is 0 Å². The third-order valence-corrected chi connectivity index (χ3v) is 2.99. The molecule has 0 aromatic carbocycles.